The van der Waals surface area contributed by atoms with Crippen LogP contribution < -0.4 is 0 Å². The fraction of sp³-hybridized carbons (Fsp3) is 0.400. The summed E-state index contributed by atoms with van der Waals surface area (Å²) in [5.41, 5.74) is 0.637. The van der Waals surface area contributed by atoms with Gasteiger partial charge in [0.05, 0.1) is 0 Å². The van der Waals surface area contributed by atoms with Crippen molar-refractivity contribution in [3.63, 3.8) is 0 Å². The van der Waals surface area contributed by atoms with Gasteiger partial charge in [0.1, 0.15) is 10.6 Å². The van der Waals surface area contributed by atoms with Gasteiger partial charge in [0.15, 0.2) is 0 Å². The second kappa shape index (κ2) is 4.20. The molecule has 0 heterocycles. The third kappa shape index (κ3) is 2.13. The van der Waals surface area contributed by atoms with Crippen LogP contribution in [0.1, 0.15) is 12.5 Å². The maximum atomic E-state index is 11.8. The smallest absolute Gasteiger partial charge is 0.246 e. The van der Waals surface area contributed by atoms with Crippen molar-refractivity contribution in [3.05, 3.63) is 23.8 Å². The van der Waals surface area contributed by atoms with Crippen LogP contribution in [0, 0.1) is 0 Å². The van der Waals surface area contributed by atoms with Gasteiger partial charge in [-0.1, -0.05) is 19.1 Å². The van der Waals surface area contributed by atoms with Crippen molar-refractivity contribution in [2.24, 2.45) is 0 Å². The molecule has 0 aromatic heterocycles. The van der Waals surface area contributed by atoms with E-state index >= 15 is 0 Å². The molecule has 84 valence electrons. The van der Waals surface area contributed by atoms with Crippen LogP contribution in [0.5, 0.6) is 5.75 Å². The lowest BCUT2D eigenvalue weighted by Gasteiger charge is -2.13. The van der Waals surface area contributed by atoms with Gasteiger partial charge in [0, 0.05) is 14.1 Å². The highest BCUT2D eigenvalue weighted by Crippen LogP contribution is 2.28. The Balaban J connectivity index is 3.40. The van der Waals surface area contributed by atoms with Gasteiger partial charge in [-0.05, 0) is 18.1 Å². The van der Waals surface area contributed by atoms with Gasteiger partial charge >= 0.3 is 0 Å². The molecule has 0 amide bonds. The van der Waals surface area contributed by atoms with Gasteiger partial charge in [-0.25, -0.2) is 12.7 Å². The average Bonchev–Trinajstić information content (AvgIpc) is 2.17. The number of rotatable bonds is 3. The molecule has 0 saturated heterocycles. The Kier molecular flexibility index (Phi) is 3.36. The van der Waals surface area contributed by atoms with Crippen molar-refractivity contribution in [1.82, 2.24) is 4.31 Å². The zero-order valence-electron chi connectivity index (χ0n) is 9.06. The predicted molar refractivity (Wildman–Crippen MR) is 58.4 cm³/mol. The fourth-order valence-electron chi connectivity index (χ4n) is 1.26. The molecule has 0 unspecified atom stereocenters. The van der Waals surface area contributed by atoms with Gasteiger partial charge in [0.2, 0.25) is 10.0 Å². The summed E-state index contributed by atoms with van der Waals surface area (Å²) in [6, 6.07) is 4.75. The molecule has 0 spiro atoms. The molecule has 0 aliphatic carbocycles. The van der Waals surface area contributed by atoms with Gasteiger partial charge in [-0.2, -0.15) is 0 Å². The van der Waals surface area contributed by atoms with E-state index in [-0.39, 0.29) is 10.6 Å². The summed E-state index contributed by atoms with van der Waals surface area (Å²) in [4.78, 5) is -0.0353. The normalized spacial score (nSPS) is 12.0. The highest BCUT2D eigenvalue weighted by atomic mass is 32.2. The Morgan fingerprint density at radius 2 is 1.93 bits per heavy atom. The van der Waals surface area contributed by atoms with E-state index in [1.807, 2.05) is 6.92 Å². The van der Waals surface area contributed by atoms with Gasteiger partial charge in [-0.15, -0.1) is 0 Å². The lowest BCUT2D eigenvalue weighted by molar-refractivity contribution is 0.446. The van der Waals surface area contributed by atoms with E-state index in [0.717, 1.165) is 4.31 Å². The van der Waals surface area contributed by atoms with Crippen molar-refractivity contribution in [2.45, 2.75) is 18.2 Å². The molecule has 0 atom stereocenters. The Hall–Kier alpha value is -1.07. The molecule has 15 heavy (non-hydrogen) atoms. The molecule has 1 N–H and O–H groups in total. The Bertz CT molecular complexity index is 452. The zero-order chi connectivity index (χ0) is 11.6. The van der Waals surface area contributed by atoms with Gasteiger partial charge < -0.3 is 5.11 Å². The predicted octanol–water partition coefficient (Wildman–Crippen LogP) is 1.20. The number of phenols is 1. The van der Waals surface area contributed by atoms with Gasteiger partial charge in [0.25, 0.3) is 0 Å². The number of para-hydroxylation sites is 1. The maximum absolute atomic E-state index is 11.8. The van der Waals surface area contributed by atoms with Crippen LogP contribution in [-0.4, -0.2) is 31.9 Å². The second-order valence-corrected chi connectivity index (χ2v) is 5.53. The van der Waals surface area contributed by atoms with E-state index in [1.165, 1.54) is 20.2 Å². The summed E-state index contributed by atoms with van der Waals surface area (Å²) in [5, 5.41) is 9.77. The van der Waals surface area contributed by atoms with E-state index < -0.39 is 10.0 Å². The molecule has 0 aliphatic rings. The Morgan fingerprint density at radius 3 is 2.40 bits per heavy atom. The lowest BCUT2D eigenvalue weighted by Crippen LogP contribution is -2.22. The van der Waals surface area contributed by atoms with Crippen molar-refractivity contribution in [3.8, 4) is 5.75 Å². The van der Waals surface area contributed by atoms with Crippen LogP contribution in [0.25, 0.3) is 0 Å². The van der Waals surface area contributed by atoms with E-state index in [1.54, 1.807) is 12.1 Å². The minimum Gasteiger partial charge on any atom is -0.506 e. The molecule has 5 heteroatoms. The van der Waals surface area contributed by atoms with Crippen LogP contribution in [0.15, 0.2) is 23.1 Å². The Morgan fingerprint density at radius 1 is 1.33 bits per heavy atom. The molecule has 1 aromatic rings. The first-order chi connectivity index (χ1) is 6.91. The molecule has 0 aliphatic heterocycles. The molecule has 0 saturated carbocycles. The van der Waals surface area contributed by atoms with Crippen molar-refractivity contribution in [2.75, 3.05) is 14.1 Å². The molecule has 0 fully saturated rings. The lowest BCUT2D eigenvalue weighted by atomic mass is 10.1. The van der Waals surface area contributed by atoms with E-state index in [0.29, 0.717) is 12.0 Å². The summed E-state index contributed by atoms with van der Waals surface area (Å²) in [6.45, 7) is 1.86. The quantitative estimate of drug-likeness (QED) is 0.847. The zero-order valence-corrected chi connectivity index (χ0v) is 9.87. The first kappa shape index (κ1) is 12.0. The molecular formula is C10H15NO3S. The molecule has 1 aromatic carbocycles. The summed E-state index contributed by atoms with van der Waals surface area (Å²) in [5.74, 6) is -0.145. The summed E-state index contributed by atoms with van der Waals surface area (Å²) < 4.78 is 24.7. The second-order valence-electron chi connectivity index (χ2n) is 3.40. The summed E-state index contributed by atoms with van der Waals surface area (Å²) in [6.07, 6.45) is 0.600. The monoisotopic (exact) mass is 229 g/mol. The third-order valence-corrected chi connectivity index (χ3v) is 4.07. The molecular weight excluding hydrogens is 214 g/mol. The number of aromatic hydroxyl groups is 1. The van der Waals surface area contributed by atoms with E-state index in [4.69, 9.17) is 0 Å². The highest BCUT2D eigenvalue weighted by molar-refractivity contribution is 7.89. The number of aryl methyl sites for hydroxylation is 1. The third-order valence-electron chi connectivity index (χ3n) is 2.22. The van der Waals surface area contributed by atoms with Crippen molar-refractivity contribution >= 4 is 10.0 Å². The number of nitrogens with zero attached hydrogens (tertiary/aromatic N) is 1. The first-order valence-corrected chi connectivity index (χ1v) is 6.08. The standard InChI is InChI=1S/C10H15NO3S/c1-4-8-6-5-7-9(10(8)12)15(13,14)11(2)3/h5-7,12H,4H2,1-3H3. The molecule has 4 nitrogen and oxygen atoms in total. The van der Waals surface area contributed by atoms with E-state index in [2.05, 4.69) is 0 Å². The number of sulfonamides is 1. The van der Waals surface area contributed by atoms with Gasteiger partial charge in [-0.3, -0.25) is 0 Å². The highest BCUT2D eigenvalue weighted by Gasteiger charge is 2.22. The molecule has 0 radical (unpaired) electrons. The minimum atomic E-state index is -3.56. The minimum absolute atomic E-state index is 0.0353. The first-order valence-electron chi connectivity index (χ1n) is 4.64. The largest absolute Gasteiger partial charge is 0.506 e. The number of hydrogen-bond acceptors (Lipinski definition) is 3. The SMILES string of the molecule is CCc1cccc(S(=O)(=O)N(C)C)c1O. The average molecular weight is 229 g/mol. The van der Waals surface area contributed by atoms with Crippen LogP contribution in [0.3, 0.4) is 0 Å². The molecule has 0 bridgehead atoms. The Labute approximate surface area is 90.2 Å². The maximum Gasteiger partial charge on any atom is 0.246 e. The van der Waals surface area contributed by atoms with Crippen molar-refractivity contribution in [1.29, 1.82) is 0 Å². The fourth-order valence-corrected chi connectivity index (χ4v) is 2.28. The summed E-state index contributed by atoms with van der Waals surface area (Å²) in [7, 11) is -0.681. The van der Waals surface area contributed by atoms with E-state index in [9.17, 15) is 13.5 Å². The van der Waals surface area contributed by atoms with Crippen molar-refractivity contribution < 1.29 is 13.5 Å². The van der Waals surface area contributed by atoms with Crippen LogP contribution in [0.2, 0.25) is 0 Å². The van der Waals surface area contributed by atoms with Crippen LogP contribution in [-0.2, 0) is 16.4 Å². The number of hydrogen-bond donors (Lipinski definition) is 1. The van der Waals surface area contributed by atoms with Crippen LogP contribution in [0.4, 0.5) is 0 Å². The number of phenolic OH excluding ortho intramolecular Hbond substituents is 1. The molecule has 1 rings (SSSR count). The topological polar surface area (TPSA) is 57.6 Å². The number of benzene rings is 1. The summed E-state index contributed by atoms with van der Waals surface area (Å²) >= 11 is 0. The van der Waals surface area contributed by atoms with Crippen LogP contribution >= 0.6 is 0 Å².